The lowest BCUT2D eigenvalue weighted by atomic mass is 9.87. The molecule has 2 atom stereocenters. The lowest BCUT2D eigenvalue weighted by Crippen LogP contribution is -2.40. The molecule has 1 aliphatic heterocycles. The molecule has 2 saturated carbocycles. The number of fused-ring (bicyclic) bond motifs is 1. The van der Waals surface area contributed by atoms with Crippen LogP contribution in [0.1, 0.15) is 73.4 Å². The van der Waals surface area contributed by atoms with E-state index in [-0.39, 0.29) is 30.5 Å². The summed E-state index contributed by atoms with van der Waals surface area (Å²) in [5, 5.41) is 14.0. The molecule has 0 bridgehead atoms. The number of imidazole rings is 1. The Morgan fingerprint density at radius 1 is 1.18 bits per heavy atom. The van der Waals surface area contributed by atoms with E-state index in [4.69, 9.17) is 4.98 Å². The second-order valence-corrected chi connectivity index (χ2v) is 11.2. The number of carbonyl (C=O) groups excluding carboxylic acids is 2. The number of rotatable bonds is 9. The number of hydrogen-bond donors (Lipinski definition) is 2. The normalized spacial score (nSPS) is 20.7. The van der Waals surface area contributed by atoms with Gasteiger partial charge < -0.3 is 15.5 Å². The molecular weight excluding hydrogens is 513 g/mol. The molecular formula is C26H31F3N8O2. The third kappa shape index (κ3) is 5.18. The summed E-state index contributed by atoms with van der Waals surface area (Å²) in [5.74, 6) is 1.12. The molecule has 0 unspecified atom stereocenters. The van der Waals surface area contributed by atoms with Crippen LogP contribution in [0.15, 0.2) is 30.7 Å². The first kappa shape index (κ1) is 25.6. The maximum atomic E-state index is 13.5. The molecule has 1 saturated heterocycles. The molecule has 3 aliphatic rings. The average Bonchev–Trinajstić information content (AvgIpc) is 3.76. The maximum Gasteiger partial charge on any atom is 0.410 e. The lowest BCUT2D eigenvalue weighted by Gasteiger charge is -2.27. The van der Waals surface area contributed by atoms with Gasteiger partial charge >= 0.3 is 12.2 Å². The number of urea groups is 1. The van der Waals surface area contributed by atoms with Gasteiger partial charge in [-0.1, -0.05) is 0 Å². The lowest BCUT2D eigenvalue weighted by molar-refractivity contribution is -0.149. The first-order valence-electron chi connectivity index (χ1n) is 13.4. The van der Waals surface area contributed by atoms with Crippen molar-refractivity contribution < 1.29 is 22.8 Å². The van der Waals surface area contributed by atoms with Gasteiger partial charge in [0.2, 0.25) is 0 Å². The van der Waals surface area contributed by atoms with Gasteiger partial charge in [-0.3, -0.25) is 9.48 Å². The van der Waals surface area contributed by atoms with E-state index in [2.05, 4.69) is 15.5 Å². The van der Waals surface area contributed by atoms with Crippen LogP contribution in [0.5, 0.6) is 0 Å². The number of halogens is 3. The third-order valence-electron chi connectivity index (χ3n) is 7.87. The first-order valence-corrected chi connectivity index (χ1v) is 13.4. The van der Waals surface area contributed by atoms with E-state index >= 15 is 0 Å². The first-order chi connectivity index (χ1) is 18.6. The monoisotopic (exact) mass is 544 g/mol. The summed E-state index contributed by atoms with van der Waals surface area (Å²) in [4.78, 5) is 31.5. The topological polar surface area (TPSA) is 109 Å². The van der Waals surface area contributed by atoms with Crippen molar-refractivity contribution in [3.05, 3.63) is 47.7 Å². The van der Waals surface area contributed by atoms with Crippen molar-refractivity contribution in [1.29, 1.82) is 0 Å². The van der Waals surface area contributed by atoms with E-state index in [1.807, 2.05) is 25.4 Å². The van der Waals surface area contributed by atoms with Crippen LogP contribution in [0.2, 0.25) is 0 Å². The molecule has 39 heavy (non-hydrogen) atoms. The van der Waals surface area contributed by atoms with Crippen molar-refractivity contribution in [3.8, 4) is 0 Å². The molecule has 4 heterocycles. The Kier molecular flexibility index (Phi) is 6.26. The SMILES string of the molecule is CC(C)n1nccc1C(=O)N[C@H](c1cn2ncc(CN3C[C@@H](C(F)(F)F)NC3=O)cc2n1)C(C1CC1)C1CC1. The minimum absolute atomic E-state index is 0.0176. The summed E-state index contributed by atoms with van der Waals surface area (Å²) in [7, 11) is 0. The Labute approximate surface area is 222 Å². The van der Waals surface area contributed by atoms with Gasteiger partial charge in [-0.05, 0) is 75.0 Å². The molecule has 3 aromatic rings. The molecule has 13 heteroatoms. The zero-order valence-electron chi connectivity index (χ0n) is 21.7. The fourth-order valence-electron chi connectivity index (χ4n) is 5.68. The van der Waals surface area contributed by atoms with Gasteiger partial charge in [0.25, 0.3) is 5.91 Å². The molecule has 208 valence electrons. The largest absolute Gasteiger partial charge is 0.410 e. The van der Waals surface area contributed by atoms with Crippen LogP contribution in [0, 0.1) is 17.8 Å². The summed E-state index contributed by atoms with van der Waals surface area (Å²) < 4.78 is 42.5. The van der Waals surface area contributed by atoms with E-state index in [0.29, 0.717) is 34.4 Å². The highest BCUT2D eigenvalue weighted by Gasteiger charge is 2.48. The average molecular weight is 545 g/mol. The van der Waals surface area contributed by atoms with Crippen molar-refractivity contribution in [3.63, 3.8) is 0 Å². The van der Waals surface area contributed by atoms with Crippen molar-refractivity contribution in [1.82, 2.24) is 39.9 Å². The standard InChI is InChI=1S/C26H31F3N8O2/c1-14(2)37-19(7-8-30-37)24(38)34-23(22(16-3-4-16)17-5-6-17)18-12-36-21(32-18)9-15(10-31-36)11-35-13-20(26(27,28)29)33-25(35)39/h7-10,12,14,16-17,20,22-23H,3-6,11,13H2,1-2H3,(H,33,39)(H,34,38)/t20-,23+/m0/s1. The Hall–Kier alpha value is -3.64. The van der Waals surface area contributed by atoms with Gasteiger partial charge in [-0.25, -0.2) is 14.3 Å². The molecule has 0 radical (unpaired) electrons. The number of hydrogen-bond acceptors (Lipinski definition) is 5. The number of alkyl halides is 3. The minimum Gasteiger partial charge on any atom is -0.342 e. The summed E-state index contributed by atoms with van der Waals surface area (Å²) in [6, 6.07) is 0.504. The minimum atomic E-state index is -4.50. The molecule has 0 aromatic carbocycles. The number of nitrogens with zero attached hydrogens (tertiary/aromatic N) is 6. The van der Waals surface area contributed by atoms with E-state index in [1.54, 1.807) is 27.5 Å². The molecule has 10 nitrogen and oxygen atoms in total. The van der Waals surface area contributed by atoms with E-state index in [0.717, 1.165) is 30.6 Å². The highest BCUT2D eigenvalue weighted by molar-refractivity contribution is 5.92. The summed E-state index contributed by atoms with van der Waals surface area (Å²) in [6.45, 7) is 3.46. The number of aromatic nitrogens is 5. The molecule has 3 fully saturated rings. The summed E-state index contributed by atoms with van der Waals surface area (Å²) in [5.41, 5.74) is 2.26. The van der Waals surface area contributed by atoms with Crippen LogP contribution in [0.4, 0.5) is 18.0 Å². The summed E-state index contributed by atoms with van der Waals surface area (Å²) >= 11 is 0. The van der Waals surface area contributed by atoms with Gasteiger partial charge in [0.1, 0.15) is 11.7 Å². The second-order valence-electron chi connectivity index (χ2n) is 11.2. The molecule has 2 aliphatic carbocycles. The highest BCUT2D eigenvalue weighted by atomic mass is 19.4. The van der Waals surface area contributed by atoms with Crippen LogP contribution in [0.3, 0.4) is 0 Å². The third-order valence-corrected chi connectivity index (χ3v) is 7.87. The van der Waals surface area contributed by atoms with Crippen molar-refractivity contribution in [2.24, 2.45) is 17.8 Å². The molecule has 3 aromatic heterocycles. The van der Waals surface area contributed by atoms with Crippen LogP contribution in [-0.4, -0.2) is 60.0 Å². The zero-order chi connectivity index (χ0) is 27.5. The van der Waals surface area contributed by atoms with E-state index in [1.165, 1.54) is 6.20 Å². The highest BCUT2D eigenvalue weighted by Crippen LogP contribution is 2.54. The predicted molar refractivity (Wildman–Crippen MR) is 134 cm³/mol. The van der Waals surface area contributed by atoms with Crippen LogP contribution >= 0.6 is 0 Å². The number of amides is 3. The van der Waals surface area contributed by atoms with Crippen molar-refractivity contribution >= 4 is 17.6 Å². The van der Waals surface area contributed by atoms with Crippen LogP contribution < -0.4 is 10.6 Å². The van der Waals surface area contributed by atoms with Gasteiger partial charge in [0.05, 0.1) is 30.7 Å². The number of carbonyl (C=O) groups is 2. The zero-order valence-corrected chi connectivity index (χ0v) is 21.7. The number of nitrogens with one attached hydrogen (secondary N) is 2. The predicted octanol–water partition coefficient (Wildman–Crippen LogP) is 3.87. The quantitative estimate of drug-likeness (QED) is 0.425. The smallest absolute Gasteiger partial charge is 0.342 e. The van der Waals surface area contributed by atoms with Crippen LogP contribution in [-0.2, 0) is 6.54 Å². The molecule has 6 rings (SSSR count). The van der Waals surface area contributed by atoms with E-state index < -0.39 is 24.8 Å². The van der Waals surface area contributed by atoms with Gasteiger partial charge in [-0.2, -0.15) is 23.4 Å². The fourth-order valence-corrected chi connectivity index (χ4v) is 5.68. The van der Waals surface area contributed by atoms with Gasteiger partial charge in [-0.15, -0.1) is 0 Å². The van der Waals surface area contributed by atoms with Crippen molar-refractivity contribution in [2.45, 2.75) is 70.4 Å². The Morgan fingerprint density at radius 3 is 2.51 bits per heavy atom. The van der Waals surface area contributed by atoms with E-state index in [9.17, 15) is 22.8 Å². The van der Waals surface area contributed by atoms with Gasteiger partial charge in [0.15, 0.2) is 5.65 Å². The van der Waals surface area contributed by atoms with Crippen LogP contribution in [0.25, 0.3) is 5.65 Å². The maximum absolute atomic E-state index is 13.5. The molecule has 3 amide bonds. The molecule has 2 N–H and O–H groups in total. The van der Waals surface area contributed by atoms with Crippen molar-refractivity contribution in [2.75, 3.05) is 6.54 Å². The Morgan fingerprint density at radius 2 is 1.90 bits per heavy atom. The summed E-state index contributed by atoms with van der Waals surface area (Å²) in [6.07, 6.45) is 4.97. The second kappa shape index (κ2) is 9.53. The Balaban J connectivity index is 1.27. The molecule has 0 spiro atoms. The van der Waals surface area contributed by atoms with Gasteiger partial charge in [0, 0.05) is 18.8 Å². The fraction of sp³-hybridized carbons (Fsp3) is 0.577. The Bertz CT molecular complexity index is 1380.